The molecule has 0 aliphatic rings. The van der Waals surface area contributed by atoms with E-state index in [1.165, 1.54) is 10.9 Å². The summed E-state index contributed by atoms with van der Waals surface area (Å²) in [5.41, 5.74) is 0. The average Bonchev–Trinajstić information content (AvgIpc) is 2.81. The Kier molecular flexibility index (Phi) is 3.22. The van der Waals surface area contributed by atoms with E-state index >= 15 is 0 Å². The lowest BCUT2D eigenvalue weighted by atomic mass is 10.3. The number of hydrogen-bond acceptors (Lipinski definition) is 3. The molecule has 0 aliphatic carbocycles. The van der Waals surface area contributed by atoms with Crippen molar-refractivity contribution >= 4 is 17.5 Å². The Bertz CT molecular complexity index is 482. The molecular weight excluding hydrogens is 228 g/mol. The van der Waals surface area contributed by atoms with Crippen LogP contribution in [0.1, 0.15) is 4.79 Å². The number of hydrogen-bond donors (Lipinski definition) is 0. The highest BCUT2D eigenvalue weighted by Gasteiger charge is 2.07. The molecule has 1 aromatic heterocycles. The van der Waals surface area contributed by atoms with Crippen molar-refractivity contribution in [3.63, 3.8) is 0 Å². The van der Waals surface area contributed by atoms with Crippen LogP contribution in [-0.2, 0) is 0 Å². The van der Waals surface area contributed by atoms with Crippen molar-refractivity contribution in [3.05, 3.63) is 47.7 Å². The summed E-state index contributed by atoms with van der Waals surface area (Å²) in [6, 6.07) is 8.67. The van der Waals surface area contributed by atoms with Crippen LogP contribution in [0.25, 0.3) is 0 Å². The van der Waals surface area contributed by atoms with Crippen molar-refractivity contribution in [1.82, 2.24) is 9.78 Å². The lowest BCUT2D eigenvalue weighted by Crippen LogP contribution is -2.19. The fourth-order valence-corrected chi connectivity index (χ4v) is 1.37. The minimum absolute atomic E-state index is 0.0919. The van der Waals surface area contributed by atoms with Crippen molar-refractivity contribution in [1.29, 1.82) is 0 Å². The van der Waals surface area contributed by atoms with Crippen LogP contribution in [0.5, 0.6) is 5.75 Å². The number of benzene rings is 1. The summed E-state index contributed by atoms with van der Waals surface area (Å²) in [6.07, 6.45) is 3.10. The second kappa shape index (κ2) is 4.81. The molecule has 1 heterocycles. The zero-order valence-electron chi connectivity index (χ0n) is 8.34. The second-order valence-corrected chi connectivity index (χ2v) is 3.47. The summed E-state index contributed by atoms with van der Waals surface area (Å²) >= 11 is 5.87. The summed E-state index contributed by atoms with van der Waals surface area (Å²) in [6.45, 7) is -0.0919. The number of aromatic nitrogens is 2. The van der Waals surface area contributed by atoms with Gasteiger partial charge in [0.05, 0.1) is 5.02 Å². The van der Waals surface area contributed by atoms with Gasteiger partial charge in [0.1, 0.15) is 5.75 Å². The smallest absolute Gasteiger partial charge is 0.284 e. The molecule has 0 radical (unpaired) electrons. The van der Waals surface area contributed by atoms with Gasteiger partial charge in [-0.2, -0.15) is 5.10 Å². The van der Waals surface area contributed by atoms with E-state index in [1.807, 2.05) is 0 Å². The van der Waals surface area contributed by atoms with Gasteiger partial charge in [-0.3, -0.25) is 4.79 Å². The molecule has 0 saturated heterocycles. The Balaban J connectivity index is 1.98. The molecule has 1 aromatic carbocycles. The summed E-state index contributed by atoms with van der Waals surface area (Å²) in [7, 11) is 0. The van der Waals surface area contributed by atoms with Gasteiger partial charge in [0.2, 0.25) is 0 Å². The number of rotatable bonds is 3. The molecule has 82 valence electrons. The van der Waals surface area contributed by atoms with E-state index in [0.717, 1.165) is 0 Å². The van der Waals surface area contributed by atoms with Gasteiger partial charge in [-0.05, 0) is 18.2 Å². The zero-order valence-corrected chi connectivity index (χ0v) is 9.09. The molecule has 0 aliphatic heterocycles. The standard InChI is InChI=1S/C11H9ClN2O2/c12-9-4-1-2-5-10(9)16-8-11(15)14-7-3-6-13-14/h1-7H,8H2. The van der Waals surface area contributed by atoms with Crippen molar-refractivity contribution < 1.29 is 9.53 Å². The predicted molar refractivity (Wildman–Crippen MR) is 59.8 cm³/mol. The van der Waals surface area contributed by atoms with Gasteiger partial charge < -0.3 is 4.74 Å². The van der Waals surface area contributed by atoms with Crippen molar-refractivity contribution in [3.8, 4) is 5.75 Å². The quantitative estimate of drug-likeness (QED) is 0.821. The van der Waals surface area contributed by atoms with Crippen LogP contribution < -0.4 is 4.74 Å². The SMILES string of the molecule is O=C(COc1ccccc1Cl)n1cccn1. The maximum atomic E-state index is 11.5. The molecule has 2 aromatic rings. The molecule has 0 unspecified atom stereocenters. The van der Waals surface area contributed by atoms with Crippen LogP contribution in [0, 0.1) is 0 Å². The largest absolute Gasteiger partial charge is 0.482 e. The van der Waals surface area contributed by atoms with Crippen molar-refractivity contribution in [2.45, 2.75) is 0 Å². The highest BCUT2D eigenvalue weighted by Crippen LogP contribution is 2.22. The molecule has 0 spiro atoms. The molecule has 16 heavy (non-hydrogen) atoms. The van der Waals surface area contributed by atoms with Crippen LogP contribution in [-0.4, -0.2) is 22.3 Å². The summed E-state index contributed by atoms with van der Waals surface area (Å²) in [4.78, 5) is 11.5. The Morgan fingerprint density at radius 2 is 2.19 bits per heavy atom. The summed E-state index contributed by atoms with van der Waals surface area (Å²) in [5, 5.41) is 4.29. The topological polar surface area (TPSA) is 44.1 Å². The third-order valence-corrected chi connectivity index (χ3v) is 2.26. The first-order valence-corrected chi connectivity index (χ1v) is 5.05. The first kappa shape index (κ1) is 10.7. The first-order chi connectivity index (χ1) is 7.77. The van der Waals surface area contributed by atoms with E-state index in [4.69, 9.17) is 16.3 Å². The monoisotopic (exact) mass is 236 g/mol. The van der Waals surface area contributed by atoms with Crippen molar-refractivity contribution in [2.75, 3.05) is 6.61 Å². The van der Waals surface area contributed by atoms with Gasteiger partial charge in [-0.1, -0.05) is 23.7 Å². The number of ether oxygens (including phenoxy) is 1. The fourth-order valence-electron chi connectivity index (χ4n) is 1.18. The van der Waals surface area contributed by atoms with Gasteiger partial charge >= 0.3 is 0 Å². The molecule has 5 heteroatoms. The molecule has 0 bridgehead atoms. The summed E-state index contributed by atoms with van der Waals surface area (Å²) < 4.78 is 6.50. The first-order valence-electron chi connectivity index (χ1n) is 4.67. The fraction of sp³-hybridized carbons (Fsp3) is 0.0909. The predicted octanol–water partition coefficient (Wildman–Crippen LogP) is 2.26. The maximum absolute atomic E-state index is 11.5. The molecule has 0 saturated carbocycles. The van der Waals surface area contributed by atoms with Gasteiger partial charge in [-0.15, -0.1) is 0 Å². The van der Waals surface area contributed by atoms with E-state index in [9.17, 15) is 4.79 Å². The highest BCUT2D eigenvalue weighted by atomic mass is 35.5. The van der Waals surface area contributed by atoms with Crippen LogP contribution in [0.2, 0.25) is 5.02 Å². The van der Waals surface area contributed by atoms with Crippen LogP contribution >= 0.6 is 11.6 Å². The Morgan fingerprint density at radius 1 is 1.38 bits per heavy atom. The molecule has 0 amide bonds. The van der Waals surface area contributed by atoms with Gasteiger partial charge in [0, 0.05) is 12.4 Å². The van der Waals surface area contributed by atoms with E-state index in [-0.39, 0.29) is 12.5 Å². The average molecular weight is 237 g/mol. The number of carbonyl (C=O) groups excluding carboxylic acids is 1. The van der Waals surface area contributed by atoms with E-state index < -0.39 is 0 Å². The highest BCUT2D eigenvalue weighted by molar-refractivity contribution is 6.32. The molecule has 0 atom stereocenters. The van der Waals surface area contributed by atoms with Crippen LogP contribution in [0.4, 0.5) is 0 Å². The minimum Gasteiger partial charge on any atom is -0.482 e. The van der Waals surface area contributed by atoms with Gasteiger partial charge in [0.25, 0.3) is 5.91 Å². The third-order valence-electron chi connectivity index (χ3n) is 1.95. The number of carbonyl (C=O) groups is 1. The Labute approximate surface area is 97.4 Å². The van der Waals surface area contributed by atoms with Gasteiger partial charge in [0.15, 0.2) is 6.61 Å². The van der Waals surface area contributed by atoms with E-state index in [2.05, 4.69) is 5.10 Å². The number of para-hydroxylation sites is 1. The van der Waals surface area contributed by atoms with E-state index in [0.29, 0.717) is 10.8 Å². The van der Waals surface area contributed by atoms with Crippen LogP contribution in [0.3, 0.4) is 0 Å². The second-order valence-electron chi connectivity index (χ2n) is 3.06. The molecule has 4 nitrogen and oxygen atoms in total. The number of halogens is 1. The third kappa shape index (κ3) is 2.41. The Morgan fingerprint density at radius 3 is 2.88 bits per heavy atom. The van der Waals surface area contributed by atoms with Crippen LogP contribution in [0.15, 0.2) is 42.7 Å². The van der Waals surface area contributed by atoms with Crippen molar-refractivity contribution in [2.24, 2.45) is 0 Å². The maximum Gasteiger partial charge on any atom is 0.284 e. The molecule has 0 fully saturated rings. The zero-order chi connectivity index (χ0) is 11.4. The lowest BCUT2D eigenvalue weighted by molar-refractivity contribution is 0.0821. The lowest BCUT2D eigenvalue weighted by Gasteiger charge is -2.06. The molecular formula is C11H9ClN2O2. The molecule has 2 rings (SSSR count). The minimum atomic E-state index is -0.245. The number of nitrogens with zero attached hydrogens (tertiary/aromatic N) is 2. The van der Waals surface area contributed by atoms with Gasteiger partial charge in [-0.25, -0.2) is 4.68 Å². The summed E-state index contributed by atoms with van der Waals surface area (Å²) in [5.74, 6) is 0.245. The van der Waals surface area contributed by atoms with E-state index in [1.54, 1.807) is 36.5 Å². The Hall–Kier alpha value is -1.81. The normalized spacial score (nSPS) is 10.1. The molecule has 0 N–H and O–H groups in total.